The zero-order chi connectivity index (χ0) is 18.4. The molecule has 9 nitrogen and oxygen atoms in total. The Morgan fingerprint density at radius 1 is 1.26 bits per heavy atom. The average molecular weight is 395 g/mol. The molecule has 1 saturated heterocycles. The summed E-state index contributed by atoms with van der Waals surface area (Å²) in [5, 5.41) is 24.3. The summed E-state index contributed by atoms with van der Waals surface area (Å²) in [6.45, 7) is 2.52. The third-order valence-electron chi connectivity index (χ3n) is 4.61. The first kappa shape index (κ1) is 20.7. The highest BCUT2D eigenvalue weighted by Crippen LogP contribution is 2.27. The monoisotopic (exact) mass is 394 g/mol. The number of anilines is 1. The smallest absolute Gasteiger partial charge is 0.269 e. The number of amides is 1. The molecular formula is C17H23ClN6O3. The van der Waals surface area contributed by atoms with Crippen LogP contribution >= 0.6 is 12.4 Å². The predicted molar refractivity (Wildman–Crippen MR) is 104 cm³/mol. The number of hydrogen-bond acceptors (Lipinski definition) is 6. The Balaban J connectivity index is 0.00000261. The van der Waals surface area contributed by atoms with E-state index in [4.69, 9.17) is 0 Å². The van der Waals surface area contributed by atoms with E-state index in [1.165, 1.54) is 12.1 Å². The predicted octanol–water partition coefficient (Wildman–Crippen LogP) is 1.52. The molecule has 0 aliphatic carbocycles. The fourth-order valence-electron chi connectivity index (χ4n) is 3.17. The van der Waals surface area contributed by atoms with Gasteiger partial charge in [-0.3, -0.25) is 19.6 Å². The number of aromatic nitrogens is 2. The number of nitrogens with one attached hydrogen (secondary N) is 3. The van der Waals surface area contributed by atoms with Crippen LogP contribution in [0.3, 0.4) is 0 Å². The topological polar surface area (TPSA) is 114 Å². The highest BCUT2D eigenvalue weighted by molar-refractivity contribution is 5.85. The molecule has 0 atom stereocenters. The molecule has 1 aliphatic heterocycles. The van der Waals surface area contributed by atoms with E-state index in [1.807, 2.05) is 12.3 Å². The summed E-state index contributed by atoms with van der Waals surface area (Å²) < 4.78 is 1.76. The van der Waals surface area contributed by atoms with Crippen LogP contribution in [0.25, 0.3) is 0 Å². The lowest BCUT2D eigenvalue weighted by Gasteiger charge is -2.36. The van der Waals surface area contributed by atoms with Gasteiger partial charge in [-0.2, -0.15) is 5.10 Å². The fourth-order valence-corrected chi connectivity index (χ4v) is 3.17. The number of nitro groups is 1. The number of carbonyl (C=O) groups is 1. The zero-order valence-corrected chi connectivity index (χ0v) is 15.6. The third kappa shape index (κ3) is 4.75. The van der Waals surface area contributed by atoms with Crippen LogP contribution in [0.15, 0.2) is 42.7 Å². The van der Waals surface area contributed by atoms with Crippen LogP contribution in [0, 0.1) is 10.1 Å². The van der Waals surface area contributed by atoms with Crippen molar-refractivity contribution in [3.05, 3.63) is 52.8 Å². The molecule has 0 bridgehead atoms. The van der Waals surface area contributed by atoms with Crippen molar-refractivity contribution in [3.8, 4) is 0 Å². The summed E-state index contributed by atoms with van der Waals surface area (Å²) in [6.07, 6.45) is 4.90. The molecule has 27 heavy (non-hydrogen) atoms. The van der Waals surface area contributed by atoms with Crippen LogP contribution in [-0.2, 0) is 10.3 Å². The van der Waals surface area contributed by atoms with Gasteiger partial charge in [-0.25, -0.2) is 0 Å². The number of non-ortho nitro benzene ring substituents is 1. The SMILES string of the molecule is Cl.O=C(NCCNc1ccc([N+](=O)[O-])cc1)C1(n2cccn2)CCNCC1. The van der Waals surface area contributed by atoms with Crippen LogP contribution in [0.4, 0.5) is 11.4 Å². The highest BCUT2D eigenvalue weighted by atomic mass is 35.5. The van der Waals surface area contributed by atoms with Gasteiger partial charge in [0.1, 0.15) is 5.54 Å². The average Bonchev–Trinajstić information content (AvgIpc) is 3.21. The van der Waals surface area contributed by atoms with Crippen molar-refractivity contribution in [3.63, 3.8) is 0 Å². The highest BCUT2D eigenvalue weighted by Gasteiger charge is 2.41. The van der Waals surface area contributed by atoms with Crippen molar-refractivity contribution in [1.82, 2.24) is 20.4 Å². The first-order valence-electron chi connectivity index (χ1n) is 8.59. The Bertz CT molecular complexity index is 745. The molecule has 1 amide bonds. The second kappa shape index (κ2) is 9.33. The van der Waals surface area contributed by atoms with E-state index in [0.717, 1.165) is 18.8 Å². The van der Waals surface area contributed by atoms with Crippen molar-refractivity contribution in [1.29, 1.82) is 0 Å². The standard InChI is InChI=1S/C17H22N6O3.ClH/c24-16(17(6-9-18-10-7-17)22-13-1-8-21-22)20-12-11-19-14-2-4-15(5-3-14)23(25)26;/h1-5,8,13,18-19H,6-7,9-12H2,(H,20,24);1H. The Morgan fingerprint density at radius 3 is 2.56 bits per heavy atom. The second-order valence-electron chi connectivity index (χ2n) is 6.22. The maximum Gasteiger partial charge on any atom is 0.269 e. The minimum absolute atomic E-state index is 0. The number of nitrogens with zero attached hydrogens (tertiary/aromatic N) is 3. The molecule has 3 N–H and O–H groups in total. The first-order valence-corrected chi connectivity index (χ1v) is 8.59. The number of rotatable bonds is 7. The maximum atomic E-state index is 12.8. The number of piperidine rings is 1. The molecule has 0 spiro atoms. The molecular weight excluding hydrogens is 372 g/mol. The maximum absolute atomic E-state index is 12.8. The van der Waals surface area contributed by atoms with Gasteiger partial charge < -0.3 is 16.0 Å². The van der Waals surface area contributed by atoms with E-state index < -0.39 is 10.5 Å². The Hall–Kier alpha value is -2.65. The summed E-state index contributed by atoms with van der Waals surface area (Å²) in [5.74, 6) is -0.0341. The minimum atomic E-state index is -0.651. The van der Waals surface area contributed by atoms with E-state index in [-0.39, 0.29) is 24.0 Å². The van der Waals surface area contributed by atoms with Crippen molar-refractivity contribution in [2.24, 2.45) is 0 Å². The van der Waals surface area contributed by atoms with Crippen LogP contribution < -0.4 is 16.0 Å². The van der Waals surface area contributed by atoms with Gasteiger partial charge in [-0.05, 0) is 44.1 Å². The van der Waals surface area contributed by atoms with Crippen molar-refractivity contribution >= 4 is 29.7 Å². The van der Waals surface area contributed by atoms with Crippen LogP contribution in [-0.4, -0.2) is 46.8 Å². The van der Waals surface area contributed by atoms with E-state index >= 15 is 0 Å². The Labute approximate surface area is 163 Å². The Morgan fingerprint density at radius 2 is 1.96 bits per heavy atom. The lowest BCUT2D eigenvalue weighted by Crippen LogP contribution is -2.55. The van der Waals surface area contributed by atoms with Gasteiger partial charge in [0.05, 0.1) is 4.92 Å². The van der Waals surface area contributed by atoms with E-state index in [9.17, 15) is 14.9 Å². The molecule has 2 heterocycles. The van der Waals surface area contributed by atoms with Crippen molar-refractivity contribution in [2.75, 3.05) is 31.5 Å². The number of carbonyl (C=O) groups excluding carboxylic acids is 1. The molecule has 1 aliphatic rings. The number of hydrogen-bond donors (Lipinski definition) is 3. The normalized spacial score (nSPS) is 15.4. The van der Waals surface area contributed by atoms with Crippen molar-refractivity contribution in [2.45, 2.75) is 18.4 Å². The summed E-state index contributed by atoms with van der Waals surface area (Å²) in [5.41, 5.74) is 0.173. The largest absolute Gasteiger partial charge is 0.383 e. The summed E-state index contributed by atoms with van der Waals surface area (Å²) in [6, 6.07) is 8.02. The molecule has 1 fully saturated rings. The molecule has 0 saturated carbocycles. The zero-order valence-electron chi connectivity index (χ0n) is 14.8. The lowest BCUT2D eigenvalue weighted by atomic mass is 9.87. The van der Waals surface area contributed by atoms with Crippen LogP contribution in [0.1, 0.15) is 12.8 Å². The molecule has 146 valence electrons. The molecule has 1 aromatic carbocycles. The first-order chi connectivity index (χ1) is 12.6. The molecule has 0 radical (unpaired) electrons. The van der Waals surface area contributed by atoms with E-state index in [1.54, 1.807) is 23.0 Å². The van der Waals surface area contributed by atoms with Gasteiger partial charge in [0.25, 0.3) is 5.69 Å². The van der Waals surface area contributed by atoms with Gasteiger partial charge >= 0.3 is 0 Å². The quantitative estimate of drug-likeness (QED) is 0.372. The number of halogens is 1. The van der Waals surface area contributed by atoms with Gasteiger partial charge in [0.2, 0.25) is 5.91 Å². The van der Waals surface area contributed by atoms with E-state index in [2.05, 4.69) is 21.0 Å². The Kier molecular flexibility index (Phi) is 7.14. The van der Waals surface area contributed by atoms with Crippen LogP contribution in [0.5, 0.6) is 0 Å². The molecule has 3 rings (SSSR count). The van der Waals surface area contributed by atoms with Crippen LogP contribution in [0.2, 0.25) is 0 Å². The summed E-state index contributed by atoms with van der Waals surface area (Å²) in [7, 11) is 0. The number of nitro benzene ring substituents is 1. The third-order valence-corrected chi connectivity index (χ3v) is 4.61. The van der Waals surface area contributed by atoms with Gasteiger partial charge in [0.15, 0.2) is 0 Å². The summed E-state index contributed by atoms with van der Waals surface area (Å²) in [4.78, 5) is 23.1. The van der Waals surface area contributed by atoms with Crippen molar-refractivity contribution < 1.29 is 9.72 Å². The van der Waals surface area contributed by atoms with Gasteiger partial charge in [-0.1, -0.05) is 0 Å². The van der Waals surface area contributed by atoms with Gasteiger partial charge in [-0.15, -0.1) is 12.4 Å². The lowest BCUT2D eigenvalue weighted by molar-refractivity contribution is -0.384. The molecule has 2 aromatic rings. The van der Waals surface area contributed by atoms with E-state index in [0.29, 0.717) is 25.9 Å². The molecule has 1 aromatic heterocycles. The molecule has 0 unspecified atom stereocenters. The van der Waals surface area contributed by atoms with Gasteiger partial charge in [0, 0.05) is 43.3 Å². The summed E-state index contributed by atoms with van der Waals surface area (Å²) >= 11 is 0. The molecule has 10 heteroatoms. The number of benzene rings is 1. The second-order valence-corrected chi connectivity index (χ2v) is 6.22. The fraction of sp³-hybridized carbons (Fsp3) is 0.412. The minimum Gasteiger partial charge on any atom is -0.383 e.